The van der Waals surface area contributed by atoms with Crippen LogP contribution in [0, 0.1) is 0 Å². The number of carbonyl (C=O) groups is 1. The summed E-state index contributed by atoms with van der Waals surface area (Å²) < 4.78 is 7.72. The molecule has 0 unspecified atom stereocenters. The van der Waals surface area contributed by atoms with Crippen molar-refractivity contribution >= 4 is 5.91 Å². The second kappa shape index (κ2) is 7.14. The number of fused-ring (bicyclic) bond motifs is 1. The minimum absolute atomic E-state index is 0.0670. The van der Waals surface area contributed by atoms with Crippen LogP contribution in [0.3, 0.4) is 0 Å². The molecule has 1 aromatic heterocycles. The van der Waals surface area contributed by atoms with E-state index in [9.17, 15) is 9.90 Å². The molecule has 0 spiro atoms. The van der Waals surface area contributed by atoms with Gasteiger partial charge in [-0.15, -0.1) is 5.10 Å². The predicted octanol–water partition coefficient (Wildman–Crippen LogP) is 0.884. The fraction of sp³-hybridized carbons (Fsp3) is 0.579. The van der Waals surface area contributed by atoms with Gasteiger partial charge in [-0.05, 0) is 55.3 Å². The van der Waals surface area contributed by atoms with E-state index in [1.54, 1.807) is 9.58 Å². The Morgan fingerprint density at radius 2 is 2.18 bits per heavy atom. The summed E-state index contributed by atoms with van der Waals surface area (Å²) in [5, 5.41) is 22.9. The van der Waals surface area contributed by atoms with Crippen LogP contribution in [0.25, 0.3) is 11.4 Å². The van der Waals surface area contributed by atoms with Crippen LogP contribution in [0.5, 0.6) is 5.75 Å². The molecule has 9 heteroatoms. The number of nitrogens with two attached hydrogens (primary N) is 1. The first-order valence-electron chi connectivity index (χ1n) is 9.69. The number of aliphatic hydroxyl groups is 1. The van der Waals surface area contributed by atoms with Gasteiger partial charge in [-0.1, -0.05) is 0 Å². The van der Waals surface area contributed by atoms with Gasteiger partial charge in [0.1, 0.15) is 17.5 Å². The van der Waals surface area contributed by atoms with E-state index in [0.717, 1.165) is 24.0 Å². The number of piperidine rings is 1. The van der Waals surface area contributed by atoms with Crippen molar-refractivity contribution in [2.75, 3.05) is 13.1 Å². The van der Waals surface area contributed by atoms with Crippen LogP contribution in [0.15, 0.2) is 18.2 Å². The van der Waals surface area contributed by atoms with E-state index in [2.05, 4.69) is 15.5 Å². The highest BCUT2D eigenvalue weighted by Gasteiger charge is 2.47. The maximum atomic E-state index is 12.6. The first-order valence-corrected chi connectivity index (χ1v) is 9.69. The molecular weight excluding hydrogens is 360 g/mol. The predicted molar refractivity (Wildman–Crippen MR) is 101 cm³/mol. The molecule has 0 radical (unpaired) electrons. The number of tetrazole rings is 1. The van der Waals surface area contributed by atoms with Crippen molar-refractivity contribution in [1.29, 1.82) is 0 Å². The monoisotopic (exact) mass is 386 g/mol. The molecule has 0 saturated carbocycles. The smallest absolute Gasteiger partial charge is 0.223 e. The van der Waals surface area contributed by atoms with Crippen molar-refractivity contribution in [2.24, 2.45) is 5.73 Å². The first kappa shape index (κ1) is 18.8. The molecule has 3 N–H and O–H groups in total. The lowest BCUT2D eigenvalue weighted by Gasteiger charge is -2.47. The van der Waals surface area contributed by atoms with E-state index in [1.807, 2.05) is 32.0 Å². The van der Waals surface area contributed by atoms with Gasteiger partial charge in [-0.3, -0.25) is 4.79 Å². The molecule has 1 fully saturated rings. The van der Waals surface area contributed by atoms with Crippen LogP contribution < -0.4 is 10.5 Å². The van der Waals surface area contributed by atoms with Crippen LogP contribution in [0.1, 0.15) is 44.7 Å². The number of benzene rings is 1. The first-order chi connectivity index (χ1) is 13.4. The van der Waals surface area contributed by atoms with E-state index >= 15 is 0 Å². The van der Waals surface area contributed by atoms with Crippen LogP contribution in [-0.2, 0) is 11.3 Å². The second-order valence-corrected chi connectivity index (χ2v) is 7.91. The van der Waals surface area contributed by atoms with Gasteiger partial charge < -0.3 is 20.5 Å². The average Bonchev–Trinajstić information content (AvgIpc) is 3.12. The topological polar surface area (TPSA) is 119 Å². The molecule has 2 atom stereocenters. The van der Waals surface area contributed by atoms with E-state index < -0.39 is 17.7 Å². The average molecular weight is 386 g/mol. The van der Waals surface area contributed by atoms with Crippen molar-refractivity contribution in [1.82, 2.24) is 25.1 Å². The quantitative estimate of drug-likeness (QED) is 0.800. The van der Waals surface area contributed by atoms with Gasteiger partial charge in [0, 0.05) is 30.6 Å². The summed E-state index contributed by atoms with van der Waals surface area (Å²) in [4.78, 5) is 14.4. The van der Waals surface area contributed by atoms with E-state index in [1.165, 1.54) is 0 Å². The molecule has 0 bridgehead atoms. The molecule has 1 aromatic carbocycles. The molecule has 2 aliphatic heterocycles. The normalized spacial score (nSPS) is 24.0. The third-order valence-corrected chi connectivity index (χ3v) is 5.54. The highest BCUT2D eigenvalue weighted by atomic mass is 16.5. The maximum absolute atomic E-state index is 12.6. The van der Waals surface area contributed by atoms with Crippen LogP contribution in [-0.4, -0.2) is 60.9 Å². The molecular formula is C19H26N6O3. The van der Waals surface area contributed by atoms with E-state index in [0.29, 0.717) is 37.6 Å². The summed E-state index contributed by atoms with van der Waals surface area (Å²) in [5.74, 6) is 1.33. The largest absolute Gasteiger partial charge is 0.485 e. The molecule has 2 aliphatic rings. The molecule has 2 aromatic rings. The van der Waals surface area contributed by atoms with E-state index in [4.69, 9.17) is 10.5 Å². The van der Waals surface area contributed by atoms with Gasteiger partial charge in [0.05, 0.1) is 12.6 Å². The summed E-state index contributed by atoms with van der Waals surface area (Å²) in [7, 11) is 0. The Kier molecular flexibility index (Phi) is 4.80. The van der Waals surface area contributed by atoms with Crippen LogP contribution in [0.4, 0.5) is 0 Å². The Balaban J connectivity index is 1.80. The van der Waals surface area contributed by atoms with Crippen LogP contribution >= 0.6 is 0 Å². The molecule has 4 rings (SSSR count). The summed E-state index contributed by atoms with van der Waals surface area (Å²) in [5.41, 5.74) is 6.41. The van der Waals surface area contributed by atoms with Crippen molar-refractivity contribution in [3.05, 3.63) is 23.8 Å². The van der Waals surface area contributed by atoms with Gasteiger partial charge >= 0.3 is 0 Å². The highest BCUT2D eigenvalue weighted by molar-refractivity contribution is 5.78. The Hall–Kier alpha value is -2.52. The fourth-order valence-electron chi connectivity index (χ4n) is 4.05. The third-order valence-electron chi connectivity index (χ3n) is 5.54. The molecule has 3 heterocycles. The minimum atomic E-state index is -0.850. The Morgan fingerprint density at radius 3 is 2.93 bits per heavy atom. The standard InChI is InChI=1S/C19H26N6O3/c1-19(2)17(27)16(24-9-4-3-5-15(24)26)13-11-12(6-7-14(13)28-19)18-21-22-23-25(18)10-8-20/h6-7,11,16-17,27H,3-5,8-10,20H2,1-2H3/t16-,17+/m0/s1. The van der Waals surface area contributed by atoms with Crippen molar-refractivity contribution in [3.8, 4) is 17.1 Å². The SMILES string of the molecule is CC1(C)Oc2ccc(-c3nnnn3CCN)cc2[C@H](N2CCCCC2=O)[C@H]1O. The fourth-order valence-corrected chi connectivity index (χ4v) is 4.05. The van der Waals surface area contributed by atoms with Crippen molar-refractivity contribution < 1.29 is 14.6 Å². The minimum Gasteiger partial charge on any atom is -0.485 e. The number of ether oxygens (including phenoxy) is 1. The molecule has 9 nitrogen and oxygen atoms in total. The molecule has 150 valence electrons. The summed E-state index contributed by atoms with van der Waals surface area (Å²) >= 11 is 0. The number of hydrogen-bond acceptors (Lipinski definition) is 7. The summed E-state index contributed by atoms with van der Waals surface area (Å²) in [6.07, 6.45) is 1.48. The van der Waals surface area contributed by atoms with Gasteiger partial charge in [0.15, 0.2) is 5.82 Å². The number of likely N-dealkylation sites (tertiary alicyclic amines) is 1. The van der Waals surface area contributed by atoms with Crippen molar-refractivity contribution in [3.63, 3.8) is 0 Å². The zero-order chi connectivity index (χ0) is 19.9. The number of nitrogens with zero attached hydrogens (tertiary/aromatic N) is 5. The number of rotatable bonds is 4. The lowest BCUT2D eigenvalue weighted by atomic mass is 9.84. The Bertz CT molecular complexity index is 880. The lowest BCUT2D eigenvalue weighted by molar-refractivity contribution is -0.147. The maximum Gasteiger partial charge on any atom is 0.223 e. The lowest BCUT2D eigenvalue weighted by Crippen LogP contribution is -2.55. The number of aromatic nitrogens is 4. The van der Waals surface area contributed by atoms with Gasteiger partial charge in [-0.25, -0.2) is 4.68 Å². The molecule has 28 heavy (non-hydrogen) atoms. The van der Waals surface area contributed by atoms with Gasteiger partial charge in [-0.2, -0.15) is 0 Å². The van der Waals surface area contributed by atoms with Crippen molar-refractivity contribution in [2.45, 2.75) is 57.4 Å². The molecule has 0 aliphatic carbocycles. The molecule has 1 saturated heterocycles. The molecule has 1 amide bonds. The summed E-state index contributed by atoms with van der Waals surface area (Å²) in [6.45, 7) is 5.24. The summed E-state index contributed by atoms with van der Waals surface area (Å²) in [6, 6.07) is 5.20. The zero-order valence-corrected chi connectivity index (χ0v) is 16.2. The number of carbonyl (C=O) groups excluding carboxylic acids is 1. The highest BCUT2D eigenvalue weighted by Crippen LogP contribution is 2.45. The Labute approximate surface area is 163 Å². The number of amides is 1. The van der Waals surface area contributed by atoms with Gasteiger partial charge in [0.2, 0.25) is 5.91 Å². The number of hydrogen-bond donors (Lipinski definition) is 2. The third kappa shape index (κ3) is 3.14. The van der Waals surface area contributed by atoms with Crippen LogP contribution in [0.2, 0.25) is 0 Å². The second-order valence-electron chi connectivity index (χ2n) is 7.91. The Morgan fingerprint density at radius 1 is 1.36 bits per heavy atom. The van der Waals surface area contributed by atoms with E-state index in [-0.39, 0.29) is 5.91 Å². The zero-order valence-electron chi connectivity index (χ0n) is 16.2. The number of aliphatic hydroxyl groups excluding tert-OH is 1. The van der Waals surface area contributed by atoms with Gasteiger partial charge in [0.25, 0.3) is 0 Å².